The van der Waals surface area contributed by atoms with Crippen LogP contribution in [0, 0.1) is 5.82 Å². The van der Waals surface area contributed by atoms with Gasteiger partial charge in [0, 0.05) is 5.56 Å². The molecule has 2 atom stereocenters. The Morgan fingerprint density at radius 2 is 1.75 bits per heavy atom. The third-order valence-electron chi connectivity index (χ3n) is 2.87. The smallest absolute Gasteiger partial charge is 0.178 e. The van der Waals surface area contributed by atoms with Crippen LogP contribution in [-0.4, -0.2) is 15.2 Å². The number of hydrogen-bond acceptors (Lipinski definition) is 2. The normalized spacial score (nSPS) is 13.8. The molecule has 0 aliphatic rings. The van der Waals surface area contributed by atoms with E-state index in [2.05, 4.69) is 0 Å². The largest absolute Gasteiger partial charge is 0.293 e. The minimum atomic E-state index is -1.55. The average Bonchev–Trinajstić information content (AvgIpc) is 2.46. The predicted octanol–water partition coefficient (Wildman–Crippen LogP) is 3.86. The predicted molar refractivity (Wildman–Crippen MR) is 78.1 cm³/mol. The topological polar surface area (TPSA) is 34.1 Å². The van der Waals surface area contributed by atoms with Crippen LogP contribution in [0.2, 0.25) is 5.02 Å². The zero-order valence-electron chi connectivity index (χ0n) is 10.7. The number of halogens is 2. The average molecular weight is 311 g/mol. The highest BCUT2D eigenvalue weighted by atomic mass is 35.5. The van der Waals surface area contributed by atoms with Gasteiger partial charge in [-0.1, -0.05) is 23.7 Å². The summed E-state index contributed by atoms with van der Waals surface area (Å²) in [6, 6.07) is 11.9. The molecule has 2 nitrogen and oxygen atoms in total. The van der Waals surface area contributed by atoms with Crippen molar-refractivity contribution in [3.63, 3.8) is 0 Å². The third-order valence-corrected chi connectivity index (χ3v) is 4.96. The second-order valence-electron chi connectivity index (χ2n) is 4.24. The fourth-order valence-electron chi connectivity index (χ4n) is 1.74. The Bertz CT molecular complexity index is 655. The van der Waals surface area contributed by atoms with Crippen molar-refractivity contribution in [2.24, 2.45) is 0 Å². The standard InChI is InChI=1S/C15H12ClFO2S/c1-10(15(18)11-6-8-12(17)9-7-11)20(19)14-5-3-2-4-13(14)16/h2-10H,1H3. The first-order valence-corrected chi connectivity index (χ1v) is 7.54. The van der Waals surface area contributed by atoms with Crippen LogP contribution in [0.3, 0.4) is 0 Å². The molecule has 0 saturated carbocycles. The van der Waals surface area contributed by atoms with Crippen LogP contribution in [0.5, 0.6) is 0 Å². The lowest BCUT2D eigenvalue weighted by Gasteiger charge is -2.11. The van der Waals surface area contributed by atoms with Crippen LogP contribution in [0.15, 0.2) is 53.4 Å². The van der Waals surface area contributed by atoms with E-state index in [-0.39, 0.29) is 5.78 Å². The van der Waals surface area contributed by atoms with Crippen LogP contribution in [0.1, 0.15) is 17.3 Å². The highest BCUT2D eigenvalue weighted by molar-refractivity contribution is 7.86. The van der Waals surface area contributed by atoms with Gasteiger partial charge in [-0.15, -0.1) is 0 Å². The molecule has 0 heterocycles. The van der Waals surface area contributed by atoms with Crippen LogP contribution >= 0.6 is 11.6 Å². The summed E-state index contributed by atoms with van der Waals surface area (Å²) in [5.41, 5.74) is 0.333. The van der Waals surface area contributed by atoms with E-state index in [0.717, 1.165) is 0 Å². The lowest BCUT2D eigenvalue weighted by atomic mass is 10.1. The van der Waals surface area contributed by atoms with Crippen molar-refractivity contribution in [2.75, 3.05) is 0 Å². The lowest BCUT2D eigenvalue weighted by molar-refractivity contribution is 0.0992. The molecule has 0 aliphatic heterocycles. The monoisotopic (exact) mass is 310 g/mol. The molecule has 0 bridgehead atoms. The van der Waals surface area contributed by atoms with Crippen LogP contribution in [0.25, 0.3) is 0 Å². The van der Waals surface area contributed by atoms with Gasteiger partial charge in [0.25, 0.3) is 0 Å². The molecule has 2 unspecified atom stereocenters. The molecule has 0 radical (unpaired) electrons. The number of benzene rings is 2. The van der Waals surface area contributed by atoms with Gasteiger partial charge < -0.3 is 0 Å². The second kappa shape index (κ2) is 6.29. The molecule has 0 aromatic heterocycles. The molecule has 104 valence electrons. The molecule has 2 rings (SSSR count). The van der Waals surface area contributed by atoms with E-state index in [0.29, 0.717) is 15.5 Å². The van der Waals surface area contributed by atoms with Gasteiger partial charge in [0.1, 0.15) is 5.82 Å². The summed E-state index contributed by atoms with van der Waals surface area (Å²) in [6.07, 6.45) is 0. The Hall–Kier alpha value is -1.52. The van der Waals surface area contributed by atoms with Crippen LogP contribution < -0.4 is 0 Å². The van der Waals surface area contributed by atoms with E-state index >= 15 is 0 Å². The van der Waals surface area contributed by atoms with Gasteiger partial charge in [0.2, 0.25) is 0 Å². The molecule has 20 heavy (non-hydrogen) atoms. The fourth-order valence-corrected chi connectivity index (χ4v) is 3.29. The van der Waals surface area contributed by atoms with E-state index in [1.54, 1.807) is 31.2 Å². The SMILES string of the molecule is CC(C(=O)c1ccc(F)cc1)S(=O)c1ccccc1Cl. The highest BCUT2D eigenvalue weighted by Crippen LogP contribution is 2.23. The van der Waals surface area contributed by atoms with E-state index in [1.165, 1.54) is 24.3 Å². The molecule has 5 heteroatoms. The number of rotatable bonds is 4. The van der Waals surface area contributed by atoms with Gasteiger partial charge in [0.15, 0.2) is 5.78 Å². The summed E-state index contributed by atoms with van der Waals surface area (Å²) < 4.78 is 25.2. The quantitative estimate of drug-likeness (QED) is 0.804. The lowest BCUT2D eigenvalue weighted by Crippen LogP contribution is -2.23. The number of ketones is 1. The van der Waals surface area contributed by atoms with Crippen molar-refractivity contribution in [3.8, 4) is 0 Å². The fraction of sp³-hybridized carbons (Fsp3) is 0.133. The van der Waals surface area contributed by atoms with Crippen LogP contribution in [-0.2, 0) is 10.8 Å². The highest BCUT2D eigenvalue weighted by Gasteiger charge is 2.24. The first-order chi connectivity index (χ1) is 9.50. The van der Waals surface area contributed by atoms with E-state index < -0.39 is 21.9 Å². The minimum absolute atomic E-state index is 0.303. The van der Waals surface area contributed by atoms with Crippen molar-refractivity contribution in [2.45, 2.75) is 17.1 Å². The minimum Gasteiger partial charge on any atom is -0.293 e. The molecule has 0 spiro atoms. The number of carbonyl (C=O) groups is 1. The summed E-state index contributed by atoms with van der Waals surface area (Å²) in [7, 11) is -1.55. The van der Waals surface area contributed by atoms with E-state index in [4.69, 9.17) is 11.6 Å². The van der Waals surface area contributed by atoms with Gasteiger partial charge >= 0.3 is 0 Å². The first-order valence-electron chi connectivity index (χ1n) is 5.95. The summed E-state index contributed by atoms with van der Waals surface area (Å²) in [6.45, 7) is 1.57. The zero-order valence-corrected chi connectivity index (χ0v) is 12.2. The Kier molecular flexibility index (Phi) is 4.68. The number of Topliss-reactive ketones (excluding diaryl/α,β-unsaturated/α-hetero) is 1. The summed E-state index contributed by atoms with van der Waals surface area (Å²) in [5.74, 6) is -0.718. The summed E-state index contributed by atoms with van der Waals surface area (Å²) in [5, 5.41) is -0.384. The maximum Gasteiger partial charge on any atom is 0.178 e. The molecule has 0 N–H and O–H groups in total. The number of hydrogen-bond donors (Lipinski definition) is 0. The maximum absolute atomic E-state index is 12.8. The van der Waals surface area contributed by atoms with Gasteiger partial charge in [0.05, 0.1) is 26.0 Å². The molecule has 0 amide bonds. The van der Waals surface area contributed by atoms with E-state index in [1.807, 2.05) is 0 Å². The maximum atomic E-state index is 12.8. The first kappa shape index (κ1) is 14.9. The molecule has 0 aliphatic carbocycles. The van der Waals surface area contributed by atoms with Gasteiger partial charge in [-0.05, 0) is 43.3 Å². The third kappa shape index (κ3) is 3.14. The molecular weight excluding hydrogens is 299 g/mol. The molecule has 0 fully saturated rings. The molecular formula is C15H12ClFO2S. The molecule has 0 saturated heterocycles. The van der Waals surface area contributed by atoms with Gasteiger partial charge in [-0.25, -0.2) is 4.39 Å². The van der Waals surface area contributed by atoms with Gasteiger partial charge in [-0.3, -0.25) is 9.00 Å². The van der Waals surface area contributed by atoms with Crippen molar-refractivity contribution >= 4 is 28.2 Å². The van der Waals surface area contributed by atoms with Crippen molar-refractivity contribution in [1.29, 1.82) is 0 Å². The van der Waals surface area contributed by atoms with Crippen molar-refractivity contribution < 1.29 is 13.4 Å². The Morgan fingerprint density at radius 1 is 1.15 bits per heavy atom. The zero-order chi connectivity index (χ0) is 14.7. The second-order valence-corrected chi connectivity index (χ2v) is 6.39. The summed E-state index contributed by atoms with van der Waals surface area (Å²) in [4.78, 5) is 12.7. The van der Waals surface area contributed by atoms with Crippen molar-refractivity contribution in [1.82, 2.24) is 0 Å². The van der Waals surface area contributed by atoms with Gasteiger partial charge in [-0.2, -0.15) is 0 Å². The summed E-state index contributed by atoms with van der Waals surface area (Å²) >= 11 is 5.98. The Morgan fingerprint density at radius 3 is 2.35 bits per heavy atom. The Balaban J connectivity index is 2.25. The van der Waals surface area contributed by atoms with Crippen LogP contribution in [0.4, 0.5) is 4.39 Å². The number of carbonyl (C=O) groups excluding carboxylic acids is 1. The molecule has 2 aromatic rings. The van der Waals surface area contributed by atoms with Crippen molar-refractivity contribution in [3.05, 3.63) is 64.9 Å². The Labute approximate surface area is 124 Å². The molecule has 2 aromatic carbocycles. The van der Waals surface area contributed by atoms with E-state index in [9.17, 15) is 13.4 Å².